The van der Waals surface area contributed by atoms with Gasteiger partial charge < -0.3 is 15.0 Å². The van der Waals surface area contributed by atoms with Gasteiger partial charge in [-0.1, -0.05) is 46.3 Å². The van der Waals surface area contributed by atoms with Crippen LogP contribution >= 0.6 is 15.9 Å². The molecule has 5 heteroatoms. The van der Waals surface area contributed by atoms with Crippen LogP contribution in [0.1, 0.15) is 22.3 Å². The third kappa shape index (κ3) is 4.57. The zero-order valence-corrected chi connectivity index (χ0v) is 18.3. The molecular formula is C25H23BrN2O2. The van der Waals surface area contributed by atoms with E-state index in [1.54, 1.807) is 7.11 Å². The Morgan fingerprint density at radius 1 is 1.00 bits per heavy atom. The third-order valence-electron chi connectivity index (χ3n) is 5.16. The van der Waals surface area contributed by atoms with Gasteiger partial charge in [0.05, 0.1) is 7.11 Å². The van der Waals surface area contributed by atoms with E-state index in [0.717, 1.165) is 33.6 Å². The van der Waals surface area contributed by atoms with Crippen LogP contribution in [0.15, 0.2) is 89.4 Å². The van der Waals surface area contributed by atoms with Crippen molar-refractivity contribution in [3.63, 3.8) is 0 Å². The molecule has 0 saturated heterocycles. The number of rotatable bonds is 5. The lowest BCUT2D eigenvalue weighted by molar-refractivity contribution is 0.0829. The lowest BCUT2D eigenvalue weighted by Gasteiger charge is -2.33. The fourth-order valence-corrected chi connectivity index (χ4v) is 3.85. The summed E-state index contributed by atoms with van der Waals surface area (Å²) in [4.78, 5) is 15.1. The summed E-state index contributed by atoms with van der Waals surface area (Å²) in [5, 5.41) is 3.56. The summed E-state index contributed by atoms with van der Waals surface area (Å²) in [5.74, 6) is 0.850. The summed E-state index contributed by atoms with van der Waals surface area (Å²) >= 11 is 3.50. The number of anilines is 1. The van der Waals surface area contributed by atoms with Crippen LogP contribution in [0.2, 0.25) is 0 Å². The van der Waals surface area contributed by atoms with Crippen molar-refractivity contribution >= 4 is 33.2 Å². The number of amides is 1. The minimum atomic E-state index is 0.0210. The number of methoxy groups -OCH3 is 1. The number of nitrogens with zero attached hydrogens (tertiary/aromatic N) is 1. The molecule has 4 rings (SSSR count). The zero-order chi connectivity index (χ0) is 20.9. The van der Waals surface area contributed by atoms with Crippen LogP contribution in [-0.2, 0) is 0 Å². The molecular weight excluding hydrogens is 440 g/mol. The maximum absolute atomic E-state index is 13.2. The van der Waals surface area contributed by atoms with Crippen molar-refractivity contribution in [2.45, 2.75) is 12.5 Å². The van der Waals surface area contributed by atoms with Gasteiger partial charge in [0.15, 0.2) is 0 Å². The monoisotopic (exact) mass is 462 g/mol. The Kier molecular flexibility index (Phi) is 6.19. The lowest BCUT2D eigenvalue weighted by atomic mass is 10.00. The Morgan fingerprint density at radius 2 is 1.70 bits per heavy atom. The first-order valence-electron chi connectivity index (χ1n) is 9.89. The summed E-state index contributed by atoms with van der Waals surface area (Å²) in [6, 6.07) is 25.5. The maximum atomic E-state index is 13.2. The SMILES string of the molecule is COc1ccc(NC2C=C(c3ccc(Br)cc3)N(C(=O)c3ccccc3)CC2)cc1. The van der Waals surface area contributed by atoms with Crippen molar-refractivity contribution in [1.82, 2.24) is 4.90 Å². The van der Waals surface area contributed by atoms with E-state index in [2.05, 4.69) is 27.3 Å². The van der Waals surface area contributed by atoms with E-state index in [0.29, 0.717) is 12.1 Å². The van der Waals surface area contributed by atoms with Crippen molar-refractivity contribution < 1.29 is 9.53 Å². The fraction of sp³-hybridized carbons (Fsp3) is 0.160. The van der Waals surface area contributed by atoms with E-state index in [-0.39, 0.29) is 11.9 Å². The molecule has 1 aliphatic rings. The van der Waals surface area contributed by atoms with Crippen LogP contribution in [0.3, 0.4) is 0 Å². The molecule has 0 radical (unpaired) electrons. The smallest absolute Gasteiger partial charge is 0.258 e. The molecule has 152 valence electrons. The molecule has 30 heavy (non-hydrogen) atoms. The molecule has 1 atom stereocenters. The predicted octanol–water partition coefficient (Wildman–Crippen LogP) is 5.83. The summed E-state index contributed by atoms with van der Waals surface area (Å²) in [6.45, 7) is 0.642. The number of hydrogen-bond acceptors (Lipinski definition) is 3. The van der Waals surface area contributed by atoms with E-state index < -0.39 is 0 Å². The van der Waals surface area contributed by atoms with Crippen LogP contribution < -0.4 is 10.1 Å². The second-order valence-corrected chi connectivity index (χ2v) is 8.07. The molecule has 3 aromatic rings. The Balaban J connectivity index is 1.64. The number of hydrogen-bond donors (Lipinski definition) is 1. The first kappa shape index (κ1) is 20.2. The van der Waals surface area contributed by atoms with Gasteiger partial charge in [-0.05, 0) is 66.6 Å². The van der Waals surface area contributed by atoms with Gasteiger partial charge >= 0.3 is 0 Å². The topological polar surface area (TPSA) is 41.6 Å². The van der Waals surface area contributed by atoms with Crippen LogP contribution in [0, 0.1) is 0 Å². The molecule has 1 heterocycles. The summed E-state index contributed by atoms with van der Waals surface area (Å²) < 4.78 is 6.25. The van der Waals surface area contributed by atoms with Gasteiger partial charge in [0.25, 0.3) is 5.91 Å². The maximum Gasteiger partial charge on any atom is 0.258 e. The predicted molar refractivity (Wildman–Crippen MR) is 125 cm³/mol. The molecule has 3 aromatic carbocycles. The minimum Gasteiger partial charge on any atom is -0.497 e. The van der Waals surface area contributed by atoms with Crippen molar-refractivity contribution in [3.8, 4) is 5.75 Å². The molecule has 0 saturated carbocycles. The molecule has 0 bridgehead atoms. The normalized spacial score (nSPS) is 16.0. The van der Waals surface area contributed by atoms with Gasteiger partial charge in [0.2, 0.25) is 0 Å². The van der Waals surface area contributed by atoms with Gasteiger partial charge in [-0.2, -0.15) is 0 Å². The average Bonchev–Trinajstić information content (AvgIpc) is 2.80. The van der Waals surface area contributed by atoms with Crippen LogP contribution in [-0.4, -0.2) is 30.5 Å². The Labute approximate surface area is 185 Å². The minimum absolute atomic E-state index is 0.0210. The Morgan fingerprint density at radius 3 is 2.37 bits per heavy atom. The third-order valence-corrected chi connectivity index (χ3v) is 5.69. The number of carbonyl (C=O) groups is 1. The van der Waals surface area contributed by atoms with E-state index >= 15 is 0 Å². The van der Waals surface area contributed by atoms with E-state index in [1.165, 1.54) is 0 Å². The first-order chi connectivity index (χ1) is 14.6. The molecule has 0 spiro atoms. The summed E-state index contributed by atoms with van der Waals surface area (Å²) in [6.07, 6.45) is 2.97. The number of halogens is 1. The number of carbonyl (C=O) groups excluding carboxylic acids is 1. The molecule has 0 aliphatic carbocycles. The zero-order valence-electron chi connectivity index (χ0n) is 16.7. The van der Waals surface area contributed by atoms with Crippen LogP contribution in [0.5, 0.6) is 5.75 Å². The number of benzene rings is 3. The molecule has 1 aliphatic heterocycles. The summed E-state index contributed by atoms with van der Waals surface area (Å²) in [7, 11) is 1.66. The largest absolute Gasteiger partial charge is 0.497 e. The van der Waals surface area contributed by atoms with E-state index in [4.69, 9.17) is 4.74 Å². The van der Waals surface area contributed by atoms with E-state index in [1.807, 2.05) is 83.8 Å². The highest BCUT2D eigenvalue weighted by Gasteiger charge is 2.26. The molecule has 0 aromatic heterocycles. The second kappa shape index (κ2) is 9.18. The highest BCUT2D eigenvalue weighted by Crippen LogP contribution is 2.29. The molecule has 1 amide bonds. The van der Waals surface area contributed by atoms with Crippen LogP contribution in [0.4, 0.5) is 5.69 Å². The summed E-state index contributed by atoms with van der Waals surface area (Å²) in [5.41, 5.74) is 3.66. The highest BCUT2D eigenvalue weighted by molar-refractivity contribution is 9.10. The Hall–Kier alpha value is -3.05. The standard InChI is InChI=1S/C25H23BrN2O2/c1-30-23-13-11-21(12-14-23)27-22-15-16-28(25(29)19-5-3-2-4-6-19)24(17-22)18-7-9-20(26)10-8-18/h2-14,17,22,27H,15-16H2,1H3. The van der Waals surface area contributed by atoms with Gasteiger partial charge in [0, 0.05) is 34.0 Å². The van der Waals surface area contributed by atoms with Gasteiger partial charge in [-0.25, -0.2) is 0 Å². The first-order valence-corrected chi connectivity index (χ1v) is 10.7. The quantitative estimate of drug-likeness (QED) is 0.518. The van der Waals surface area contributed by atoms with Crippen molar-refractivity contribution in [3.05, 3.63) is 101 Å². The van der Waals surface area contributed by atoms with E-state index in [9.17, 15) is 4.79 Å². The van der Waals surface area contributed by atoms with Crippen LogP contribution in [0.25, 0.3) is 5.70 Å². The molecule has 0 fully saturated rings. The number of ether oxygens (including phenoxy) is 1. The Bertz CT molecular complexity index is 1030. The second-order valence-electron chi connectivity index (χ2n) is 7.15. The van der Waals surface area contributed by atoms with Gasteiger partial charge in [-0.3, -0.25) is 4.79 Å². The van der Waals surface area contributed by atoms with Crippen molar-refractivity contribution in [2.75, 3.05) is 19.0 Å². The number of nitrogens with one attached hydrogen (secondary N) is 1. The molecule has 1 unspecified atom stereocenters. The van der Waals surface area contributed by atoms with Crippen molar-refractivity contribution in [2.24, 2.45) is 0 Å². The van der Waals surface area contributed by atoms with Gasteiger partial charge in [-0.15, -0.1) is 0 Å². The fourth-order valence-electron chi connectivity index (χ4n) is 3.59. The van der Waals surface area contributed by atoms with Crippen molar-refractivity contribution in [1.29, 1.82) is 0 Å². The lowest BCUT2D eigenvalue weighted by Crippen LogP contribution is -2.38. The highest BCUT2D eigenvalue weighted by atomic mass is 79.9. The van der Waals surface area contributed by atoms with Gasteiger partial charge in [0.1, 0.15) is 5.75 Å². The average molecular weight is 463 g/mol. The molecule has 4 nitrogen and oxygen atoms in total. The molecule has 1 N–H and O–H groups in total.